The summed E-state index contributed by atoms with van der Waals surface area (Å²) in [6.45, 7) is 0. The molecule has 0 aliphatic carbocycles. The molecular weight excluding hydrogens is 341 g/mol. The molecule has 2 rings (SSSR count). The van der Waals surface area contributed by atoms with E-state index >= 15 is 0 Å². The second kappa shape index (κ2) is 5.92. The molecule has 0 amide bonds. The molecule has 2 nitrogen and oxygen atoms in total. The molecule has 0 aliphatic rings. The number of hydrogen-bond acceptors (Lipinski definition) is 3. The third-order valence-corrected chi connectivity index (χ3v) is 3.67. The van der Waals surface area contributed by atoms with Gasteiger partial charge in [0.15, 0.2) is 5.16 Å². The van der Waals surface area contributed by atoms with Gasteiger partial charge in [-0.3, -0.25) is 0 Å². The lowest BCUT2D eigenvalue weighted by Gasteiger charge is -2.06. The van der Waals surface area contributed by atoms with Crippen LogP contribution in [0.25, 0.3) is 0 Å². The highest BCUT2D eigenvalue weighted by Gasteiger charge is 2.32. The molecular formula is C12H8BrF3N2S. The summed E-state index contributed by atoms with van der Waals surface area (Å²) >= 11 is 4.49. The van der Waals surface area contributed by atoms with E-state index in [9.17, 15) is 13.2 Å². The first-order valence-electron chi connectivity index (χ1n) is 5.22. The average Bonchev–Trinajstić information content (AvgIpc) is 2.37. The Bertz CT molecular complexity index is 558. The summed E-state index contributed by atoms with van der Waals surface area (Å²) in [5, 5.41) is 0.123. The van der Waals surface area contributed by atoms with Gasteiger partial charge < -0.3 is 0 Å². The standard InChI is InChI=1S/C12H8BrF3N2S/c13-9-3-1-8(2-4-9)7-19-11-17-6-5-10(18-11)12(14,15)16/h1-6H,7H2. The number of thioether (sulfide) groups is 1. The Morgan fingerprint density at radius 1 is 1.11 bits per heavy atom. The third kappa shape index (κ3) is 4.21. The molecule has 0 saturated carbocycles. The molecule has 100 valence electrons. The minimum Gasteiger partial charge on any atom is -0.231 e. The first-order valence-corrected chi connectivity index (χ1v) is 7.00. The second-order valence-corrected chi connectivity index (χ2v) is 5.50. The van der Waals surface area contributed by atoms with Gasteiger partial charge in [-0.15, -0.1) is 0 Å². The monoisotopic (exact) mass is 348 g/mol. The van der Waals surface area contributed by atoms with Gasteiger partial charge in [0.05, 0.1) is 0 Å². The van der Waals surface area contributed by atoms with Crippen LogP contribution >= 0.6 is 27.7 Å². The van der Waals surface area contributed by atoms with Crippen LogP contribution in [0, 0.1) is 0 Å². The van der Waals surface area contributed by atoms with E-state index in [1.54, 1.807) is 0 Å². The molecule has 7 heteroatoms. The fourth-order valence-electron chi connectivity index (χ4n) is 1.30. The summed E-state index contributed by atoms with van der Waals surface area (Å²) in [6.07, 6.45) is -3.31. The highest BCUT2D eigenvalue weighted by molar-refractivity contribution is 9.10. The first-order chi connectivity index (χ1) is 8.95. The van der Waals surface area contributed by atoms with Crippen LogP contribution in [0.5, 0.6) is 0 Å². The maximum absolute atomic E-state index is 12.5. The zero-order chi connectivity index (χ0) is 13.9. The second-order valence-electron chi connectivity index (χ2n) is 3.64. The van der Waals surface area contributed by atoms with E-state index in [-0.39, 0.29) is 5.16 Å². The van der Waals surface area contributed by atoms with Crippen molar-refractivity contribution in [3.8, 4) is 0 Å². The molecule has 0 aliphatic heterocycles. The predicted molar refractivity (Wildman–Crippen MR) is 70.7 cm³/mol. The van der Waals surface area contributed by atoms with Gasteiger partial charge in [0.25, 0.3) is 0 Å². The molecule has 0 spiro atoms. The van der Waals surface area contributed by atoms with Crippen LogP contribution in [0.3, 0.4) is 0 Å². The number of rotatable bonds is 3. The number of benzene rings is 1. The van der Waals surface area contributed by atoms with Crippen LogP contribution in [0.1, 0.15) is 11.3 Å². The minimum atomic E-state index is -4.43. The smallest absolute Gasteiger partial charge is 0.231 e. The quantitative estimate of drug-likeness (QED) is 0.601. The lowest BCUT2D eigenvalue weighted by molar-refractivity contribution is -0.141. The number of nitrogens with zero attached hydrogens (tertiary/aromatic N) is 2. The summed E-state index contributed by atoms with van der Waals surface area (Å²) < 4.78 is 38.4. The third-order valence-electron chi connectivity index (χ3n) is 2.21. The van der Waals surface area contributed by atoms with Crippen LogP contribution in [-0.4, -0.2) is 9.97 Å². The molecule has 0 saturated heterocycles. The Morgan fingerprint density at radius 2 is 1.79 bits per heavy atom. The molecule has 0 bridgehead atoms. The molecule has 1 heterocycles. The van der Waals surface area contributed by atoms with Crippen molar-refractivity contribution in [2.24, 2.45) is 0 Å². The number of aromatic nitrogens is 2. The minimum absolute atomic E-state index is 0.123. The summed E-state index contributed by atoms with van der Waals surface area (Å²) in [4.78, 5) is 7.32. The molecule has 0 N–H and O–H groups in total. The van der Waals surface area contributed by atoms with Gasteiger partial charge in [0, 0.05) is 16.4 Å². The van der Waals surface area contributed by atoms with Crippen molar-refractivity contribution in [3.63, 3.8) is 0 Å². The molecule has 0 atom stereocenters. The van der Waals surface area contributed by atoms with Gasteiger partial charge in [-0.1, -0.05) is 39.8 Å². The van der Waals surface area contributed by atoms with Gasteiger partial charge in [0.2, 0.25) is 0 Å². The predicted octanol–water partition coefficient (Wildman–Crippen LogP) is 4.55. The summed E-state index contributed by atoms with van der Waals surface area (Å²) in [5.74, 6) is 0.522. The van der Waals surface area contributed by atoms with E-state index in [0.717, 1.165) is 22.3 Å². The summed E-state index contributed by atoms with van der Waals surface area (Å²) in [5.41, 5.74) is 0.0787. The van der Waals surface area contributed by atoms with Crippen molar-refractivity contribution in [3.05, 3.63) is 52.3 Å². The van der Waals surface area contributed by atoms with E-state index < -0.39 is 11.9 Å². The lowest BCUT2D eigenvalue weighted by atomic mass is 10.2. The van der Waals surface area contributed by atoms with E-state index in [4.69, 9.17) is 0 Å². The Kier molecular flexibility index (Phi) is 4.46. The molecule has 19 heavy (non-hydrogen) atoms. The zero-order valence-corrected chi connectivity index (χ0v) is 11.9. The van der Waals surface area contributed by atoms with E-state index in [1.807, 2.05) is 24.3 Å². The largest absolute Gasteiger partial charge is 0.433 e. The van der Waals surface area contributed by atoms with E-state index in [0.29, 0.717) is 5.75 Å². The van der Waals surface area contributed by atoms with Gasteiger partial charge in [-0.05, 0) is 23.8 Å². The van der Waals surface area contributed by atoms with Crippen molar-refractivity contribution in [1.82, 2.24) is 9.97 Å². The van der Waals surface area contributed by atoms with Crippen molar-refractivity contribution in [2.45, 2.75) is 17.1 Å². The average molecular weight is 349 g/mol. The van der Waals surface area contributed by atoms with Crippen molar-refractivity contribution in [1.29, 1.82) is 0 Å². The topological polar surface area (TPSA) is 25.8 Å². The molecule has 0 unspecified atom stereocenters. The number of alkyl halides is 3. The van der Waals surface area contributed by atoms with Crippen molar-refractivity contribution in [2.75, 3.05) is 0 Å². The summed E-state index contributed by atoms with van der Waals surface area (Å²) in [6, 6.07) is 8.41. The molecule has 2 aromatic rings. The highest BCUT2D eigenvalue weighted by atomic mass is 79.9. The Balaban J connectivity index is 2.05. The van der Waals surface area contributed by atoms with Gasteiger partial charge in [-0.25, -0.2) is 9.97 Å². The van der Waals surface area contributed by atoms with Crippen LogP contribution < -0.4 is 0 Å². The van der Waals surface area contributed by atoms with Crippen LogP contribution in [0.2, 0.25) is 0 Å². The van der Waals surface area contributed by atoms with Crippen molar-refractivity contribution < 1.29 is 13.2 Å². The zero-order valence-electron chi connectivity index (χ0n) is 9.49. The van der Waals surface area contributed by atoms with Crippen molar-refractivity contribution >= 4 is 27.7 Å². The molecule has 1 aromatic carbocycles. The number of halogens is 4. The van der Waals surface area contributed by atoms with Crippen LogP contribution in [0.4, 0.5) is 13.2 Å². The van der Waals surface area contributed by atoms with Gasteiger partial charge in [0.1, 0.15) is 5.69 Å². The van der Waals surface area contributed by atoms with Gasteiger partial charge >= 0.3 is 6.18 Å². The highest BCUT2D eigenvalue weighted by Crippen LogP contribution is 2.29. The summed E-state index contributed by atoms with van der Waals surface area (Å²) in [7, 11) is 0. The van der Waals surface area contributed by atoms with Gasteiger partial charge in [-0.2, -0.15) is 13.2 Å². The molecule has 1 aromatic heterocycles. The fourth-order valence-corrected chi connectivity index (χ4v) is 2.35. The van der Waals surface area contributed by atoms with E-state index in [2.05, 4.69) is 25.9 Å². The van der Waals surface area contributed by atoms with E-state index in [1.165, 1.54) is 11.8 Å². The fraction of sp³-hybridized carbons (Fsp3) is 0.167. The normalized spacial score (nSPS) is 11.6. The Labute approximate surface area is 120 Å². The maximum atomic E-state index is 12.5. The molecule has 0 radical (unpaired) electrons. The maximum Gasteiger partial charge on any atom is 0.433 e. The Morgan fingerprint density at radius 3 is 2.42 bits per heavy atom. The number of hydrogen-bond donors (Lipinski definition) is 0. The van der Waals surface area contributed by atoms with Crippen LogP contribution in [-0.2, 0) is 11.9 Å². The lowest BCUT2D eigenvalue weighted by Crippen LogP contribution is -2.08. The first kappa shape index (κ1) is 14.3. The SMILES string of the molecule is FC(F)(F)c1ccnc(SCc2ccc(Br)cc2)n1. The Hall–Kier alpha value is -1.08. The molecule has 0 fully saturated rings. The van der Waals surface area contributed by atoms with Crippen LogP contribution in [0.15, 0.2) is 46.2 Å².